The lowest BCUT2D eigenvalue weighted by molar-refractivity contribution is -0.274. The molecule has 0 saturated carbocycles. The van der Waals surface area contributed by atoms with Crippen LogP contribution >= 0.6 is 0 Å². The maximum Gasteiger partial charge on any atom is 0.573 e. The number of hydrogen-bond donors (Lipinski definition) is 1. The molecule has 2 rings (SSSR count). The number of benzene rings is 2. The first-order chi connectivity index (χ1) is 11.0. The predicted molar refractivity (Wildman–Crippen MR) is 80.6 cm³/mol. The van der Waals surface area contributed by atoms with Gasteiger partial charge >= 0.3 is 6.36 Å². The van der Waals surface area contributed by atoms with Crippen molar-refractivity contribution >= 4 is 21.4 Å². The lowest BCUT2D eigenvalue weighted by Crippen LogP contribution is -2.17. The minimum Gasteiger partial charge on any atom is -0.406 e. The number of carbonyl (C=O) groups excluding carboxylic acids is 1. The molecule has 0 radical (unpaired) electrons. The summed E-state index contributed by atoms with van der Waals surface area (Å²) in [5.74, 6) is -0.989. The van der Waals surface area contributed by atoms with Crippen molar-refractivity contribution in [2.24, 2.45) is 0 Å². The van der Waals surface area contributed by atoms with Crippen molar-refractivity contribution in [3.63, 3.8) is 0 Å². The molecule has 128 valence electrons. The van der Waals surface area contributed by atoms with E-state index in [4.69, 9.17) is 0 Å². The third-order valence-corrected chi connectivity index (χ3v) is 4.02. The Balaban J connectivity index is 2.07. The lowest BCUT2D eigenvalue weighted by Gasteiger charge is -2.09. The van der Waals surface area contributed by atoms with Crippen LogP contribution in [0.3, 0.4) is 0 Å². The van der Waals surface area contributed by atoms with Crippen LogP contribution in [0.4, 0.5) is 18.9 Å². The maximum atomic E-state index is 12.1. The highest BCUT2D eigenvalue weighted by Gasteiger charge is 2.31. The normalized spacial score (nSPS) is 11.8. The van der Waals surface area contributed by atoms with Gasteiger partial charge in [0.2, 0.25) is 0 Å². The Hall–Kier alpha value is -2.55. The van der Waals surface area contributed by atoms with Crippen LogP contribution in [-0.2, 0) is 9.84 Å². The molecule has 0 aromatic heterocycles. The van der Waals surface area contributed by atoms with Crippen LogP contribution in [0.15, 0.2) is 53.4 Å². The number of sulfone groups is 1. The fraction of sp³-hybridized carbons (Fsp3) is 0.133. The van der Waals surface area contributed by atoms with Crippen LogP contribution < -0.4 is 10.1 Å². The first kappa shape index (κ1) is 17.8. The van der Waals surface area contributed by atoms with Gasteiger partial charge in [-0.25, -0.2) is 8.42 Å². The van der Waals surface area contributed by atoms with Gasteiger partial charge in [0.25, 0.3) is 5.91 Å². The van der Waals surface area contributed by atoms with Gasteiger partial charge in [-0.3, -0.25) is 4.79 Å². The number of rotatable bonds is 4. The standard InChI is InChI=1S/C15H12F3NO4S/c1-24(21,22)13-8-4-11(5-9-13)19-14(20)10-2-6-12(7-3-10)23-15(16,17)18/h2-9H,1H3,(H,19,20). The van der Waals surface area contributed by atoms with Crippen molar-refractivity contribution in [1.29, 1.82) is 0 Å². The third-order valence-electron chi connectivity index (χ3n) is 2.89. The van der Waals surface area contributed by atoms with Crippen molar-refractivity contribution in [2.45, 2.75) is 11.3 Å². The van der Waals surface area contributed by atoms with Crippen LogP contribution in [0.2, 0.25) is 0 Å². The van der Waals surface area contributed by atoms with Gasteiger partial charge in [-0.2, -0.15) is 0 Å². The molecule has 0 spiro atoms. The fourth-order valence-corrected chi connectivity index (χ4v) is 2.43. The Morgan fingerprint density at radius 1 is 1.00 bits per heavy atom. The van der Waals surface area contributed by atoms with Crippen LogP contribution in [0, 0.1) is 0 Å². The SMILES string of the molecule is CS(=O)(=O)c1ccc(NC(=O)c2ccc(OC(F)(F)F)cc2)cc1. The molecule has 9 heteroatoms. The lowest BCUT2D eigenvalue weighted by atomic mass is 10.2. The van der Waals surface area contributed by atoms with Crippen molar-refractivity contribution in [1.82, 2.24) is 0 Å². The second-order valence-corrected chi connectivity index (χ2v) is 6.84. The molecule has 0 saturated heterocycles. The van der Waals surface area contributed by atoms with Gasteiger partial charge in [0, 0.05) is 17.5 Å². The van der Waals surface area contributed by atoms with E-state index >= 15 is 0 Å². The number of amides is 1. The van der Waals surface area contributed by atoms with Crippen molar-refractivity contribution < 1.29 is 31.1 Å². The molecule has 5 nitrogen and oxygen atoms in total. The quantitative estimate of drug-likeness (QED) is 0.910. The molecule has 0 bridgehead atoms. The molecule has 0 aliphatic carbocycles. The minimum absolute atomic E-state index is 0.106. The highest BCUT2D eigenvalue weighted by molar-refractivity contribution is 7.90. The van der Waals surface area contributed by atoms with Crippen molar-refractivity contribution in [3.8, 4) is 5.75 Å². The van der Waals surface area contributed by atoms with Crippen LogP contribution in [0.1, 0.15) is 10.4 Å². The van der Waals surface area contributed by atoms with E-state index in [1.165, 1.54) is 36.4 Å². The summed E-state index contributed by atoms with van der Waals surface area (Å²) in [7, 11) is -3.34. The van der Waals surface area contributed by atoms with Gasteiger partial charge in [0.15, 0.2) is 9.84 Å². The molecule has 0 unspecified atom stereocenters. The molecule has 0 fully saturated rings. The van der Waals surface area contributed by atoms with Gasteiger partial charge in [0.1, 0.15) is 5.75 Å². The molecule has 1 amide bonds. The zero-order valence-electron chi connectivity index (χ0n) is 12.3. The van der Waals surface area contributed by atoms with Crippen LogP contribution in [0.5, 0.6) is 5.75 Å². The molecule has 0 atom stereocenters. The number of alkyl halides is 3. The first-order valence-electron chi connectivity index (χ1n) is 6.52. The van der Waals surface area contributed by atoms with E-state index in [0.29, 0.717) is 5.69 Å². The highest BCUT2D eigenvalue weighted by atomic mass is 32.2. The predicted octanol–water partition coefficient (Wildman–Crippen LogP) is 3.24. The van der Waals surface area contributed by atoms with Crippen LogP contribution in [-0.4, -0.2) is 26.9 Å². The smallest absolute Gasteiger partial charge is 0.406 e. The van der Waals surface area contributed by atoms with Gasteiger partial charge in [-0.05, 0) is 48.5 Å². The molecular weight excluding hydrogens is 347 g/mol. The molecule has 0 heterocycles. The second-order valence-electron chi connectivity index (χ2n) is 4.82. The van der Waals surface area contributed by atoms with Crippen molar-refractivity contribution in [3.05, 3.63) is 54.1 Å². The van der Waals surface area contributed by atoms with Gasteiger partial charge in [0.05, 0.1) is 4.90 Å². The molecular formula is C15H12F3NO4S. The molecule has 24 heavy (non-hydrogen) atoms. The highest BCUT2D eigenvalue weighted by Crippen LogP contribution is 2.23. The number of halogens is 3. The monoisotopic (exact) mass is 359 g/mol. The zero-order valence-corrected chi connectivity index (χ0v) is 13.1. The third kappa shape index (κ3) is 4.98. The van der Waals surface area contributed by atoms with E-state index in [1.807, 2.05) is 0 Å². The van der Waals surface area contributed by atoms with E-state index in [1.54, 1.807) is 0 Å². The van der Waals surface area contributed by atoms with Crippen LogP contribution in [0.25, 0.3) is 0 Å². The average Bonchev–Trinajstić information content (AvgIpc) is 2.46. The van der Waals surface area contributed by atoms with E-state index in [0.717, 1.165) is 18.4 Å². The number of nitrogens with one attached hydrogen (secondary N) is 1. The van der Waals surface area contributed by atoms with Gasteiger partial charge in [-0.1, -0.05) is 0 Å². The second kappa shape index (κ2) is 6.52. The van der Waals surface area contributed by atoms with Crippen molar-refractivity contribution in [2.75, 3.05) is 11.6 Å². The summed E-state index contributed by atoms with van der Waals surface area (Å²) in [6.07, 6.45) is -3.74. The Kier molecular flexibility index (Phi) is 4.83. The Labute approximate surface area is 136 Å². The topological polar surface area (TPSA) is 72.5 Å². The Morgan fingerprint density at radius 2 is 1.54 bits per heavy atom. The summed E-state index contributed by atoms with van der Waals surface area (Å²) in [4.78, 5) is 12.1. The largest absolute Gasteiger partial charge is 0.573 e. The number of carbonyl (C=O) groups is 1. The molecule has 2 aromatic rings. The minimum atomic E-state index is -4.80. The molecule has 2 aromatic carbocycles. The van der Waals surface area contributed by atoms with Gasteiger partial charge < -0.3 is 10.1 Å². The van der Waals surface area contributed by atoms with E-state index in [9.17, 15) is 26.4 Å². The summed E-state index contributed by atoms with van der Waals surface area (Å²) in [6, 6.07) is 9.91. The summed E-state index contributed by atoms with van der Waals surface area (Å²) < 4.78 is 62.6. The van der Waals surface area contributed by atoms with E-state index < -0.39 is 27.9 Å². The molecule has 0 aliphatic heterocycles. The average molecular weight is 359 g/mol. The Bertz CT molecular complexity index is 829. The van der Waals surface area contributed by atoms with E-state index in [2.05, 4.69) is 10.1 Å². The number of ether oxygens (including phenoxy) is 1. The van der Waals surface area contributed by atoms with Gasteiger partial charge in [-0.15, -0.1) is 13.2 Å². The zero-order chi connectivity index (χ0) is 18.0. The summed E-state index contributed by atoms with van der Waals surface area (Å²) in [5, 5.41) is 2.51. The fourth-order valence-electron chi connectivity index (χ4n) is 1.80. The summed E-state index contributed by atoms with van der Waals surface area (Å²) in [5.41, 5.74) is 0.472. The summed E-state index contributed by atoms with van der Waals surface area (Å²) >= 11 is 0. The Morgan fingerprint density at radius 3 is 2.00 bits per heavy atom. The summed E-state index contributed by atoms with van der Waals surface area (Å²) in [6.45, 7) is 0. The number of hydrogen-bond acceptors (Lipinski definition) is 4. The maximum absolute atomic E-state index is 12.1. The molecule has 1 N–H and O–H groups in total. The molecule has 0 aliphatic rings. The van der Waals surface area contributed by atoms with E-state index in [-0.39, 0.29) is 10.5 Å². The first-order valence-corrected chi connectivity index (χ1v) is 8.41. The number of anilines is 1.